The molecule has 7 nitrogen and oxygen atoms in total. The topological polar surface area (TPSA) is 83.1 Å². The highest BCUT2D eigenvalue weighted by Crippen LogP contribution is 2.33. The largest absolute Gasteiger partial charge is 0.486 e. The number of alkyl halides is 3. The van der Waals surface area contributed by atoms with Gasteiger partial charge in [-0.25, -0.2) is 0 Å². The molecule has 2 unspecified atom stereocenters. The zero-order valence-corrected chi connectivity index (χ0v) is 19.5. The summed E-state index contributed by atoms with van der Waals surface area (Å²) < 4.78 is 49.6. The minimum atomic E-state index is -4.40. The van der Waals surface area contributed by atoms with E-state index < -0.39 is 23.9 Å². The van der Waals surface area contributed by atoms with Crippen molar-refractivity contribution in [2.45, 2.75) is 44.2 Å². The number of ether oxygens (including phenoxy) is 2. The average molecular weight is 494 g/mol. The van der Waals surface area contributed by atoms with Crippen molar-refractivity contribution < 1.29 is 32.5 Å². The van der Waals surface area contributed by atoms with Gasteiger partial charge in [0.05, 0.1) is 12.1 Å². The molecule has 0 aliphatic carbocycles. The first-order valence-electron chi connectivity index (χ1n) is 11.7. The second kappa shape index (κ2) is 10.8. The van der Waals surface area contributed by atoms with Crippen molar-refractivity contribution in [2.75, 3.05) is 38.1 Å². The Kier molecular flexibility index (Phi) is 7.83. The highest BCUT2D eigenvalue weighted by Gasteiger charge is 2.30. The van der Waals surface area contributed by atoms with Crippen LogP contribution in [0.4, 0.5) is 18.9 Å². The van der Waals surface area contributed by atoms with E-state index in [1.807, 2.05) is 30.0 Å². The van der Waals surface area contributed by atoms with Gasteiger partial charge in [0, 0.05) is 31.4 Å². The number of fused-ring (bicyclic) bond motifs is 1. The molecule has 0 saturated carbocycles. The van der Waals surface area contributed by atoms with E-state index in [-0.39, 0.29) is 25.1 Å². The lowest BCUT2D eigenvalue weighted by molar-refractivity contribution is -0.137. The van der Waals surface area contributed by atoms with Gasteiger partial charge in [0.1, 0.15) is 12.7 Å². The third kappa shape index (κ3) is 6.87. The van der Waals surface area contributed by atoms with Crippen LogP contribution in [-0.4, -0.2) is 66.9 Å². The Morgan fingerprint density at radius 3 is 2.54 bits per heavy atom. The van der Waals surface area contributed by atoms with E-state index in [2.05, 4.69) is 10.6 Å². The number of hydrogen-bond donors (Lipinski definition) is 3. The Balaban J connectivity index is 1.15. The van der Waals surface area contributed by atoms with Crippen LogP contribution in [0.1, 0.15) is 24.0 Å². The van der Waals surface area contributed by atoms with Crippen LogP contribution in [-0.2, 0) is 11.0 Å². The van der Waals surface area contributed by atoms with Crippen LogP contribution < -0.4 is 20.1 Å². The van der Waals surface area contributed by atoms with Crippen LogP contribution in [0.3, 0.4) is 0 Å². The SMILES string of the molecule is Cc1ccc2c(c1)OCC(C(O)CNC1CCN(CC(=O)Nc3ccc(C(F)(F)F)cc3)CC1)O2. The number of amides is 1. The number of nitrogens with one attached hydrogen (secondary N) is 2. The van der Waals surface area contributed by atoms with Gasteiger partial charge >= 0.3 is 6.18 Å². The monoisotopic (exact) mass is 493 g/mol. The number of halogens is 3. The number of anilines is 1. The van der Waals surface area contributed by atoms with Crippen LogP contribution in [0.2, 0.25) is 0 Å². The molecule has 1 amide bonds. The van der Waals surface area contributed by atoms with Gasteiger partial charge in [-0.05, 0) is 61.7 Å². The van der Waals surface area contributed by atoms with Crippen LogP contribution >= 0.6 is 0 Å². The maximum atomic E-state index is 12.7. The summed E-state index contributed by atoms with van der Waals surface area (Å²) in [5.74, 6) is 1.06. The molecule has 35 heavy (non-hydrogen) atoms. The molecule has 0 aromatic heterocycles. The minimum absolute atomic E-state index is 0.169. The molecule has 1 saturated heterocycles. The summed E-state index contributed by atoms with van der Waals surface area (Å²) >= 11 is 0. The Morgan fingerprint density at radius 2 is 1.86 bits per heavy atom. The molecule has 0 spiro atoms. The van der Waals surface area contributed by atoms with Crippen molar-refractivity contribution in [3.8, 4) is 11.5 Å². The molecule has 4 rings (SSSR count). The summed E-state index contributed by atoms with van der Waals surface area (Å²) in [6.07, 6.45) is -3.96. The number of aliphatic hydroxyl groups excluding tert-OH is 1. The Labute approximate surface area is 202 Å². The summed E-state index contributed by atoms with van der Waals surface area (Å²) in [5.41, 5.74) is 0.661. The van der Waals surface area contributed by atoms with E-state index in [4.69, 9.17) is 9.47 Å². The highest BCUT2D eigenvalue weighted by atomic mass is 19.4. The smallest absolute Gasteiger partial charge is 0.416 e. The normalized spacial score (nSPS) is 19.9. The fourth-order valence-electron chi connectivity index (χ4n) is 4.24. The highest BCUT2D eigenvalue weighted by molar-refractivity contribution is 5.92. The summed E-state index contributed by atoms with van der Waals surface area (Å²) in [6, 6.07) is 10.3. The van der Waals surface area contributed by atoms with Crippen molar-refractivity contribution in [2.24, 2.45) is 0 Å². The number of piperidine rings is 1. The molecular formula is C25H30F3N3O4. The summed E-state index contributed by atoms with van der Waals surface area (Å²) in [4.78, 5) is 14.3. The van der Waals surface area contributed by atoms with Gasteiger partial charge in [-0.15, -0.1) is 0 Å². The second-order valence-electron chi connectivity index (χ2n) is 9.07. The second-order valence-corrected chi connectivity index (χ2v) is 9.07. The number of benzene rings is 2. The first kappa shape index (κ1) is 25.3. The predicted octanol–water partition coefficient (Wildman–Crippen LogP) is 3.21. The van der Waals surface area contributed by atoms with Gasteiger partial charge in [-0.2, -0.15) is 13.2 Å². The van der Waals surface area contributed by atoms with Crippen LogP contribution in [0.5, 0.6) is 11.5 Å². The van der Waals surface area contributed by atoms with Gasteiger partial charge < -0.3 is 25.2 Å². The number of aliphatic hydroxyl groups is 1. The molecule has 2 aliphatic rings. The minimum Gasteiger partial charge on any atom is -0.486 e. The molecule has 2 aliphatic heterocycles. The number of hydrogen-bond acceptors (Lipinski definition) is 6. The molecule has 190 valence electrons. The van der Waals surface area contributed by atoms with Crippen molar-refractivity contribution in [3.05, 3.63) is 53.6 Å². The lowest BCUT2D eigenvalue weighted by Crippen LogP contribution is -2.50. The van der Waals surface area contributed by atoms with Crippen molar-refractivity contribution >= 4 is 11.6 Å². The van der Waals surface area contributed by atoms with E-state index in [1.54, 1.807) is 0 Å². The van der Waals surface area contributed by atoms with Gasteiger partial charge in [-0.3, -0.25) is 9.69 Å². The summed E-state index contributed by atoms with van der Waals surface area (Å²) in [7, 11) is 0. The van der Waals surface area contributed by atoms with Gasteiger partial charge in [-0.1, -0.05) is 6.07 Å². The maximum Gasteiger partial charge on any atom is 0.416 e. The molecule has 3 N–H and O–H groups in total. The lowest BCUT2D eigenvalue weighted by Gasteiger charge is -2.34. The number of carbonyl (C=O) groups is 1. The van der Waals surface area contributed by atoms with Crippen molar-refractivity contribution in [1.29, 1.82) is 0 Å². The van der Waals surface area contributed by atoms with E-state index >= 15 is 0 Å². The fourth-order valence-corrected chi connectivity index (χ4v) is 4.24. The standard InChI is InChI=1S/C25H30F3N3O4/c1-16-2-7-21-22(12-16)34-15-23(35-21)20(32)13-29-18-8-10-31(11-9-18)14-24(33)30-19-5-3-17(4-6-19)25(26,27)28/h2-7,12,18,20,23,29,32H,8-11,13-15H2,1H3,(H,30,33). The Bertz CT molecular complexity index is 1010. The number of aryl methyl sites for hydroxylation is 1. The predicted molar refractivity (Wildman–Crippen MR) is 125 cm³/mol. The van der Waals surface area contributed by atoms with Crippen molar-refractivity contribution in [1.82, 2.24) is 10.2 Å². The molecule has 10 heteroatoms. The number of carbonyl (C=O) groups excluding carboxylic acids is 1. The first-order valence-corrected chi connectivity index (χ1v) is 11.7. The number of nitrogens with zero attached hydrogens (tertiary/aromatic N) is 1. The van der Waals surface area contributed by atoms with E-state index in [9.17, 15) is 23.1 Å². The Morgan fingerprint density at radius 1 is 1.14 bits per heavy atom. The van der Waals surface area contributed by atoms with E-state index in [0.717, 1.165) is 30.5 Å². The molecule has 2 atom stereocenters. The van der Waals surface area contributed by atoms with Crippen LogP contribution in [0.25, 0.3) is 0 Å². The third-order valence-electron chi connectivity index (χ3n) is 6.28. The third-order valence-corrected chi connectivity index (χ3v) is 6.28. The molecule has 2 heterocycles. The maximum absolute atomic E-state index is 12.7. The first-order chi connectivity index (χ1) is 16.7. The molecular weight excluding hydrogens is 463 g/mol. The van der Waals surface area contributed by atoms with Crippen LogP contribution in [0.15, 0.2) is 42.5 Å². The zero-order valence-electron chi connectivity index (χ0n) is 19.5. The molecule has 2 aromatic rings. The lowest BCUT2D eigenvalue weighted by atomic mass is 10.0. The van der Waals surface area contributed by atoms with Gasteiger partial charge in [0.2, 0.25) is 5.91 Å². The van der Waals surface area contributed by atoms with E-state index in [1.165, 1.54) is 12.1 Å². The van der Waals surface area contributed by atoms with Crippen LogP contribution in [0, 0.1) is 6.92 Å². The summed E-state index contributed by atoms with van der Waals surface area (Å²) in [5, 5.41) is 16.6. The van der Waals surface area contributed by atoms with Gasteiger partial charge in [0.15, 0.2) is 17.6 Å². The van der Waals surface area contributed by atoms with Gasteiger partial charge in [0.25, 0.3) is 0 Å². The molecule has 1 fully saturated rings. The zero-order chi connectivity index (χ0) is 25.0. The molecule has 2 aromatic carbocycles. The molecule has 0 bridgehead atoms. The fraction of sp³-hybridized carbons (Fsp3) is 0.480. The Hall–Kier alpha value is -2.82. The molecule has 0 radical (unpaired) electrons. The van der Waals surface area contributed by atoms with E-state index in [0.29, 0.717) is 36.8 Å². The van der Waals surface area contributed by atoms with Crippen molar-refractivity contribution in [3.63, 3.8) is 0 Å². The quantitative estimate of drug-likeness (QED) is 0.550. The number of rotatable bonds is 7. The number of likely N-dealkylation sites (tertiary alicyclic amines) is 1. The average Bonchev–Trinajstić information content (AvgIpc) is 2.82. The summed E-state index contributed by atoms with van der Waals surface area (Å²) in [6.45, 7) is 4.20.